The zero-order valence-corrected chi connectivity index (χ0v) is 10.0. The summed E-state index contributed by atoms with van der Waals surface area (Å²) in [4.78, 5) is 5.67. The van der Waals surface area contributed by atoms with Crippen LogP contribution >= 0.6 is 12.2 Å². The molecule has 0 aliphatic carbocycles. The SMILES string of the molecule is C/C=C\CCC(C)On1ccccc1=S. The predicted molar refractivity (Wildman–Crippen MR) is 65.4 cm³/mol. The quantitative estimate of drug-likeness (QED) is 0.561. The second-order valence-electron chi connectivity index (χ2n) is 3.43. The van der Waals surface area contributed by atoms with E-state index in [1.54, 1.807) is 4.73 Å². The first-order valence-electron chi connectivity index (χ1n) is 5.20. The van der Waals surface area contributed by atoms with Gasteiger partial charge in [-0.1, -0.05) is 30.4 Å². The zero-order valence-electron chi connectivity index (χ0n) is 9.22. The fourth-order valence-corrected chi connectivity index (χ4v) is 1.43. The maximum absolute atomic E-state index is 5.67. The van der Waals surface area contributed by atoms with Crippen LogP contribution in [0.2, 0.25) is 0 Å². The number of pyridine rings is 1. The van der Waals surface area contributed by atoms with Crippen molar-refractivity contribution in [3.63, 3.8) is 0 Å². The Hall–Kier alpha value is -1.09. The summed E-state index contributed by atoms with van der Waals surface area (Å²) in [6, 6.07) is 5.68. The fraction of sp³-hybridized carbons (Fsp3) is 0.417. The Morgan fingerprint density at radius 2 is 2.33 bits per heavy atom. The largest absolute Gasteiger partial charge is 0.410 e. The van der Waals surface area contributed by atoms with E-state index in [0.29, 0.717) is 4.64 Å². The molecule has 15 heavy (non-hydrogen) atoms. The molecule has 0 amide bonds. The van der Waals surface area contributed by atoms with Crippen molar-refractivity contribution < 1.29 is 4.84 Å². The summed E-state index contributed by atoms with van der Waals surface area (Å²) >= 11 is 5.13. The van der Waals surface area contributed by atoms with Gasteiger partial charge in [0.25, 0.3) is 0 Å². The topological polar surface area (TPSA) is 14.2 Å². The molecule has 1 atom stereocenters. The van der Waals surface area contributed by atoms with Crippen molar-refractivity contribution in [1.82, 2.24) is 4.73 Å². The molecular weight excluding hydrogens is 206 g/mol. The number of rotatable bonds is 5. The number of hydrogen-bond acceptors (Lipinski definition) is 2. The van der Waals surface area contributed by atoms with Crippen molar-refractivity contribution in [2.24, 2.45) is 0 Å². The molecule has 0 aliphatic rings. The summed E-state index contributed by atoms with van der Waals surface area (Å²) in [5, 5.41) is 0. The standard InChI is InChI=1S/C12H17NOS/c1-3-4-5-8-11(2)14-13-10-7-6-9-12(13)15/h3-4,6-7,9-11H,5,8H2,1-2H3/b4-3-. The highest BCUT2D eigenvalue weighted by atomic mass is 32.1. The van der Waals surface area contributed by atoms with Crippen LogP contribution in [0, 0.1) is 4.64 Å². The highest BCUT2D eigenvalue weighted by Gasteiger charge is 2.01. The van der Waals surface area contributed by atoms with E-state index in [2.05, 4.69) is 19.1 Å². The second-order valence-corrected chi connectivity index (χ2v) is 3.85. The molecular formula is C12H17NOS. The molecule has 0 saturated carbocycles. The Labute approximate surface area is 96.2 Å². The number of aromatic nitrogens is 1. The van der Waals surface area contributed by atoms with Crippen molar-refractivity contribution in [1.29, 1.82) is 0 Å². The summed E-state index contributed by atoms with van der Waals surface area (Å²) in [5.74, 6) is 0. The molecule has 1 unspecified atom stereocenters. The lowest BCUT2D eigenvalue weighted by Gasteiger charge is -2.15. The lowest BCUT2D eigenvalue weighted by molar-refractivity contribution is 0.0405. The Balaban J connectivity index is 2.48. The molecule has 1 rings (SSSR count). The van der Waals surface area contributed by atoms with Gasteiger partial charge in [-0.25, -0.2) is 0 Å². The van der Waals surface area contributed by atoms with Crippen LogP contribution in [-0.2, 0) is 0 Å². The maximum Gasteiger partial charge on any atom is 0.142 e. The van der Waals surface area contributed by atoms with Gasteiger partial charge in [-0.05, 0) is 38.8 Å². The molecule has 0 bridgehead atoms. The molecule has 1 aromatic heterocycles. The van der Waals surface area contributed by atoms with Crippen molar-refractivity contribution in [3.05, 3.63) is 41.2 Å². The van der Waals surface area contributed by atoms with Gasteiger partial charge < -0.3 is 4.84 Å². The molecule has 82 valence electrons. The molecule has 0 N–H and O–H groups in total. The average molecular weight is 223 g/mol. The van der Waals surface area contributed by atoms with Crippen molar-refractivity contribution in [3.8, 4) is 0 Å². The normalized spacial score (nSPS) is 12.9. The highest BCUT2D eigenvalue weighted by molar-refractivity contribution is 7.71. The molecule has 0 saturated heterocycles. The minimum absolute atomic E-state index is 0.176. The summed E-state index contributed by atoms with van der Waals surface area (Å²) in [7, 11) is 0. The number of allylic oxidation sites excluding steroid dienone is 2. The van der Waals surface area contributed by atoms with Crippen LogP contribution in [0.4, 0.5) is 0 Å². The van der Waals surface area contributed by atoms with Gasteiger partial charge in [0.1, 0.15) is 10.7 Å². The molecule has 1 heterocycles. The van der Waals surface area contributed by atoms with Crippen LogP contribution in [0.1, 0.15) is 26.7 Å². The summed E-state index contributed by atoms with van der Waals surface area (Å²) in [5.41, 5.74) is 0. The van der Waals surface area contributed by atoms with Gasteiger partial charge in [-0.2, -0.15) is 4.73 Å². The third-order valence-electron chi connectivity index (χ3n) is 2.06. The van der Waals surface area contributed by atoms with Crippen LogP contribution in [0.25, 0.3) is 0 Å². The molecule has 0 radical (unpaired) electrons. The van der Waals surface area contributed by atoms with Gasteiger partial charge in [0.15, 0.2) is 0 Å². The number of hydrogen-bond donors (Lipinski definition) is 0. The minimum Gasteiger partial charge on any atom is -0.410 e. The van der Waals surface area contributed by atoms with Crippen LogP contribution < -0.4 is 4.84 Å². The average Bonchev–Trinajstić information content (AvgIpc) is 2.22. The van der Waals surface area contributed by atoms with Gasteiger partial charge in [-0.3, -0.25) is 0 Å². The molecule has 3 heteroatoms. The maximum atomic E-state index is 5.67. The van der Waals surface area contributed by atoms with Crippen molar-refractivity contribution in [2.45, 2.75) is 32.8 Å². The highest BCUT2D eigenvalue weighted by Crippen LogP contribution is 2.01. The third kappa shape index (κ3) is 4.30. The monoisotopic (exact) mass is 223 g/mol. The lowest BCUT2D eigenvalue weighted by atomic mass is 10.2. The molecule has 0 aromatic carbocycles. The molecule has 1 aromatic rings. The van der Waals surface area contributed by atoms with E-state index in [1.807, 2.05) is 31.3 Å². The smallest absolute Gasteiger partial charge is 0.142 e. The summed E-state index contributed by atoms with van der Waals surface area (Å²) in [6.45, 7) is 4.08. The van der Waals surface area contributed by atoms with E-state index in [-0.39, 0.29) is 6.10 Å². The van der Waals surface area contributed by atoms with Gasteiger partial charge in [0, 0.05) is 6.20 Å². The van der Waals surface area contributed by atoms with Gasteiger partial charge in [0.2, 0.25) is 0 Å². The third-order valence-corrected chi connectivity index (χ3v) is 2.37. The first-order valence-corrected chi connectivity index (χ1v) is 5.61. The van der Waals surface area contributed by atoms with Crippen molar-refractivity contribution in [2.75, 3.05) is 0 Å². The van der Waals surface area contributed by atoms with E-state index in [4.69, 9.17) is 17.1 Å². The van der Waals surface area contributed by atoms with E-state index >= 15 is 0 Å². The van der Waals surface area contributed by atoms with Crippen LogP contribution in [0.3, 0.4) is 0 Å². The molecule has 2 nitrogen and oxygen atoms in total. The zero-order chi connectivity index (χ0) is 11.1. The first-order chi connectivity index (χ1) is 7.24. The van der Waals surface area contributed by atoms with Gasteiger partial charge in [0.05, 0.1) is 0 Å². The first kappa shape index (κ1) is 12.0. The minimum atomic E-state index is 0.176. The predicted octanol–water partition coefficient (Wildman–Crippen LogP) is 3.39. The van der Waals surface area contributed by atoms with Gasteiger partial charge in [-0.15, -0.1) is 0 Å². The Bertz CT molecular complexity index is 370. The Kier molecular flexibility index (Phi) is 5.12. The summed E-state index contributed by atoms with van der Waals surface area (Å²) < 4.78 is 2.35. The second kappa shape index (κ2) is 6.40. The molecule has 0 fully saturated rings. The van der Waals surface area contributed by atoms with E-state index < -0.39 is 0 Å². The fourth-order valence-electron chi connectivity index (χ4n) is 1.24. The van der Waals surface area contributed by atoms with E-state index in [1.165, 1.54) is 0 Å². The Morgan fingerprint density at radius 1 is 1.53 bits per heavy atom. The van der Waals surface area contributed by atoms with Crippen LogP contribution in [0.5, 0.6) is 0 Å². The van der Waals surface area contributed by atoms with Crippen LogP contribution in [-0.4, -0.2) is 10.8 Å². The number of nitrogens with zero attached hydrogens (tertiary/aromatic N) is 1. The van der Waals surface area contributed by atoms with E-state index in [0.717, 1.165) is 12.8 Å². The van der Waals surface area contributed by atoms with E-state index in [9.17, 15) is 0 Å². The summed E-state index contributed by atoms with van der Waals surface area (Å²) in [6.07, 6.45) is 8.26. The lowest BCUT2D eigenvalue weighted by Crippen LogP contribution is -2.22. The van der Waals surface area contributed by atoms with Gasteiger partial charge >= 0.3 is 0 Å². The molecule has 0 aliphatic heterocycles. The Morgan fingerprint density at radius 3 is 3.00 bits per heavy atom. The van der Waals surface area contributed by atoms with Crippen molar-refractivity contribution >= 4 is 12.2 Å². The molecule has 0 spiro atoms. The van der Waals surface area contributed by atoms with Crippen LogP contribution in [0.15, 0.2) is 36.5 Å².